The number of hydrogen-bond acceptors (Lipinski definition) is 2. The molecule has 0 aromatic rings. The fourth-order valence-corrected chi connectivity index (χ4v) is 0. The maximum atomic E-state index is 4.44. The van der Waals surface area contributed by atoms with Crippen LogP contribution in [0.3, 0.4) is 0 Å². The second kappa shape index (κ2) is 4.04. The van der Waals surface area contributed by atoms with Gasteiger partial charge in [-0.2, -0.15) is 0 Å². The smallest absolute Gasteiger partial charge is 0.0647 e. The van der Waals surface area contributed by atoms with Crippen molar-refractivity contribution in [1.82, 2.24) is 0 Å². The van der Waals surface area contributed by atoms with E-state index < -0.39 is 0 Å². The first-order chi connectivity index (χ1) is 1.91. The summed E-state index contributed by atoms with van der Waals surface area (Å²) in [5.74, 6) is 0. The SMILES string of the molecule is COSI. The van der Waals surface area contributed by atoms with Crippen molar-refractivity contribution >= 4 is 30.4 Å². The normalized spacial score (nSPS) is 7.50. The number of hydrogen-bond donors (Lipinski definition) is 0. The van der Waals surface area contributed by atoms with Crippen molar-refractivity contribution < 1.29 is 4.18 Å². The highest BCUT2D eigenvalue weighted by Gasteiger charge is 1.56. The third kappa shape index (κ3) is 3.04. The third-order valence-corrected chi connectivity index (χ3v) is 1.27. The fourth-order valence-electron chi connectivity index (χ4n) is 0. The molecule has 0 aromatic heterocycles. The predicted molar refractivity (Wildman–Crippen MR) is 28.6 cm³/mol. The van der Waals surface area contributed by atoms with Gasteiger partial charge in [0.1, 0.15) is 0 Å². The largest absolute Gasteiger partial charge is 0.309 e. The van der Waals surface area contributed by atoms with E-state index in [2.05, 4.69) is 4.18 Å². The molecule has 0 saturated carbocycles. The summed E-state index contributed by atoms with van der Waals surface area (Å²) in [4.78, 5) is 0. The quantitative estimate of drug-likeness (QED) is 0.459. The number of rotatable bonds is 1. The van der Waals surface area contributed by atoms with Gasteiger partial charge in [0.25, 0.3) is 0 Å². The molecule has 0 atom stereocenters. The van der Waals surface area contributed by atoms with Gasteiger partial charge in [-0.15, -0.1) is 0 Å². The van der Waals surface area contributed by atoms with Crippen LogP contribution >= 0.6 is 30.4 Å². The average molecular weight is 190 g/mol. The van der Waals surface area contributed by atoms with E-state index in [1.54, 1.807) is 7.11 Å². The Morgan fingerprint density at radius 3 is 2.25 bits per heavy atom. The highest BCUT2D eigenvalue weighted by molar-refractivity contribution is 14.2. The summed E-state index contributed by atoms with van der Waals surface area (Å²) in [6.45, 7) is 0. The van der Waals surface area contributed by atoms with Crippen LogP contribution < -0.4 is 0 Å². The van der Waals surface area contributed by atoms with Crippen molar-refractivity contribution in [1.29, 1.82) is 0 Å². The van der Waals surface area contributed by atoms with E-state index in [0.29, 0.717) is 0 Å². The summed E-state index contributed by atoms with van der Waals surface area (Å²) in [7, 11) is 2.96. The lowest BCUT2D eigenvalue weighted by Crippen LogP contribution is -1.46. The average Bonchev–Trinajstić information content (AvgIpc) is 1.37. The summed E-state index contributed by atoms with van der Waals surface area (Å²) in [5.41, 5.74) is 0. The van der Waals surface area contributed by atoms with Crippen LogP contribution in [0.25, 0.3) is 0 Å². The molecule has 0 heterocycles. The minimum atomic E-state index is 1.33. The van der Waals surface area contributed by atoms with Crippen LogP contribution in [0.1, 0.15) is 0 Å². The lowest BCUT2D eigenvalue weighted by Gasteiger charge is -1.71. The highest BCUT2D eigenvalue weighted by Crippen LogP contribution is 2.08. The van der Waals surface area contributed by atoms with Crippen molar-refractivity contribution in [2.45, 2.75) is 0 Å². The molecule has 0 radical (unpaired) electrons. The van der Waals surface area contributed by atoms with Gasteiger partial charge >= 0.3 is 0 Å². The van der Waals surface area contributed by atoms with Crippen molar-refractivity contribution in [3.05, 3.63) is 0 Å². The summed E-state index contributed by atoms with van der Waals surface area (Å²) < 4.78 is 4.44. The topological polar surface area (TPSA) is 9.23 Å². The van der Waals surface area contributed by atoms with Crippen LogP contribution in [-0.2, 0) is 4.18 Å². The lowest BCUT2D eigenvalue weighted by atomic mass is 11.8. The van der Waals surface area contributed by atoms with Gasteiger partial charge < -0.3 is 4.18 Å². The Morgan fingerprint density at radius 2 is 2.25 bits per heavy atom. The van der Waals surface area contributed by atoms with Gasteiger partial charge in [-0.3, -0.25) is 0 Å². The molecule has 0 rings (SSSR count). The molecule has 3 heteroatoms. The Labute approximate surface area is 41.9 Å². The van der Waals surface area contributed by atoms with Crippen LogP contribution in [0.5, 0.6) is 0 Å². The first kappa shape index (κ1) is 5.04. The van der Waals surface area contributed by atoms with Gasteiger partial charge in [-0.1, -0.05) is 0 Å². The number of halogens is 1. The maximum Gasteiger partial charge on any atom is 0.0647 e. The van der Waals surface area contributed by atoms with Crippen molar-refractivity contribution in [3.63, 3.8) is 0 Å². The highest BCUT2D eigenvalue weighted by atomic mass is 127. The summed E-state index contributed by atoms with van der Waals surface area (Å²) in [5, 5.41) is 0. The lowest BCUT2D eigenvalue weighted by molar-refractivity contribution is 0.499. The van der Waals surface area contributed by atoms with Gasteiger partial charge in [-0.25, -0.2) is 0 Å². The molecule has 26 valence electrons. The Hall–Kier alpha value is 1.04. The second-order valence-electron chi connectivity index (χ2n) is 0.230. The zero-order valence-corrected chi connectivity index (χ0v) is 5.17. The summed E-state index contributed by atoms with van der Waals surface area (Å²) in [6.07, 6.45) is 0. The zero-order valence-electron chi connectivity index (χ0n) is 2.19. The second-order valence-corrected chi connectivity index (χ2v) is 1.77. The Morgan fingerprint density at radius 1 is 2.00 bits per heavy atom. The first-order valence-electron chi connectivity index (χ1n) is 0.729. The van der Waals surface area contributed by atoms with Crippen molar-refractivity contribution in [3.8, 4) is 0 Å². The molecule has 0 aliphatic carbocycles. The Balaban J connectivity index is 1.97. The van der Waals surface area contributed by atoms with Gasteiger partial charge in [0.05, 0.1) is 16.3 Å². The maximum absolute atomic E-state index is 4.44. The van der Waals surface area contributed by atoms with Gasteiger partial charge in [-0.05, 0) is 0 Å². The van der Waals surface area contributed by atoms with Crippen LogP contribution in [0.15, 0.2) is 0 Å². The zero-order chi connectivity index (χ0) is 3.41. The molecule has 0 N–H and O–H groups in total. The molecule has 0 fully saturated rings. The molecule has 0 spiro atoms. The van der Waals surface area contributed by atoms with Crippen LogP contribution in [0.2, 0.25) is 0 Å². The van der Waals surface area contributed by atoms with Gasteiger partial charge in [0.15, 0.2) is 0 Å². The monoisotopic (exact) mass is 190 g/mol. The van der Waals surface area contributed by atoms with E-state index in [1.165, 1.54) is 9.21 Å². The van der Waals surface area contributed by atoms with Crippen LogP contribution in [-0.4, -0.2) is 7.11 Å². The molecule has 0 bridgehead atoms. The molecule has 0 aliphatic rings. The summed E-state index contributed by atoms with van der Waals surface area (Å²) in [6, 6.07) is 0. The molecule has 0 unspecified atom stereocenters. The predicted octanol–water partition coefficient (Wildman–Crippen LogP) is 1.63. The minimum absolute atomic E-state index is 1.33. The minimum Gasteiger partial charge on any atom is -0.309 e. The van der Waals surface area contributed by atoms with Gasteiger partial charge in [0, 0.05) is 21.2 Å². The molecule has 0 aromatic carbocycles. The molecular weight excluding hydrogens is 187 g/mol. The molecule has 0 aliphatic heterocycles. The van der Waals surface area contributed by atoms with Crippen molar-refractivity contribution in [2.24, 2.45) is 0 Å². The van der Waals surface area contributed by atoms with E-state index >= 15 is 0 Å². The molecule has 0 amide bonds. The standard InChI is InChI=1S/CH3IOS/c1-3-4-2/h1H3. The fraction of sp³-hybridized carbons (Fsp3) is 1.00. The van der Waals surface area contributed by atoms with E-state index in [-0.39, 0.29) is 0 Å². The van der Waals surface area contributed by atoms with E-state index in [9.17, 15) is 0 Å². The molecule has 0 saturated heterocycles. The van der Waals surface area contributed by atoms with E-state index in [0.717, 1.165) is 0 Å². The molecular formula is CH3IOS. The van der Waals surface area contributed by atoms with Crippen molar-refractivity contribution in [2.75, 3.05) is 7.11 Å². The van der Waals surface area contributed by atoms with Crippen LogP contribution in [0.4, 0.5) is 0 Å². The Kier molecular flexibility index (Phi) is 5.09. The third-order valence-electron chi connectivity index (χ3n) is 0.0630. The summed E-state index contributed by atoms with van der Waals surface area (Å²) >= 11 is 2.05. The van der Waals surface area contributed by atoms with Gasteiger partial charge in [0.2, 0.25) is 0 Å². The first-order valence-corrected chi connectivity index (χ1v) is 4.01. The van der Waals surface area contributed by atoms with E-state index in [1.807, 2.05) is 21.2 Å². The van der Waals surface area contributed by atoms with Crippen LogP contribution in [0, 0.1) is 0 Å². The molecule has 1 nitrogen and oxygen atoms in total. The Bertz CT molecular complexity index is 10.0. The van der Waals surface area contributed by atoms with E-state index in [4.69, 9.17) is 0 Å². The molecule has 4 heavy (non-hydrogen) atoms.